The molecule has 2 aliphatic heterocycles. The van der Waals surface area contributed by atoms with Crippen molar-refractivity contribution < 1.29 is 9.59 Å². The minimum atomic E-state index is 0.000577. The Balaban J connectivity index is 1.17. The van der Waals surface area contributed by atoms with E-state index in [0.717, 1.165) is 80.1 Å². The number of carbonyl (C=O) groups excluding carboxylic acids is 2. The number of amides is 2. The van der Waals surface area contributed by atoms with Gasteiger partial charge >= 0.3 is 0 Å². The lowest BCUT2D eigenvalue weighted by Gasteiger charge is -2.36. The highest BCUT2D eigenvalue weighted by molar-refractivity contribution is 6.06. The van der Waals surface area contributed by atoms with Crippen LogP contribution in [0.1, 0.15) is 78.3 Å². The predicted molar refractivity (Wildman–Crippen MR) is 164 cm³/mol. The molecule has 5 rings (SSSR count). The van der Waals surface area contributed by atoms with Crippen LogP contribution in [0.5, 0.6) is 0 Å². The number of aryl methyl sites for hydroxylation is 3. The molecule has 0 bridgehead atoms. The number of benzene rings is 2. The Morgan fingerprint density at radius 1 is 0.976 bits per heavy atom. The third-order valence-corrected chi connectivity index (χ3v) is 8.69. The van der Waals surface area contributed by atoms with E-state index in [9.17, 15) is 9.59 Å². The fourth-order valence-corrected chi connectivity index (χ4v) is 5.98. The highest BCUT2D eigenvalue weighted by Crippen LogP contribution is 2.32. The Kier molecular flexibility index (Phi) is 8.64. The fourth-order valence-electron chi connectivity index (χ4n) is 5.98. The summed E-state index contributed by atoms with van der Waals surface area (Å²) < 4.78 is 1.91. The molecule has 0 unspecified atom stereocenters. The van der Waals surface area contributed by atoms with Gasteiger partial charge in [-0.15, -0.1) is 0 Å². The summed E-state index contributed by atoms with van der Waals surface area (Å²) in [5, 5.41) is 4.44. The van der Waals surface area contributed by atoms with E-state index in [1.165, 1.54) is 12.0 Å². The summed E-state index contributed by atoms with van der Waals surface area (Å²) in [6.45, 7) is 14.1. The summed E-state index contributed by atoms with van der Waals surface area (Å²) in [5.74, 6) is 0.264. The van der Waals surface area contributed by atoms with Gasteiger partial charge in [0.2, 0.25) is 5.91 Å². The van der Waals surface area contributed by atoms with E-state index in [4.69, 9.17) is 0 Å². The highest BCUT2D eigenvalue weighted by atomic mass is 16.2. The van der Waals surface area contributed by atoms with E-state index < -0.39 is 0 Å². The summed E-state index contributed by atoms with van der Waals surface area (Å²) in [7, 11) is 1.96. The molecule has 218 valence electrons. The van der Waals surface area contributed by atoms with Gasteiger partial charge in [-0.3, -0.25) is 19.2 Å². The molecule has 0 aliphatic carbocycles. The van der Waals surface area contributed by atoms with Crippen molar-refractivity contribution in [2.24, 2.45) is 12.5 Å². The van der Waals surface area contributed by atoms with E-state index in [-0.39, 0.29) is 11.8 Å². The zero-order valence-electron chi connectivity index (χ0n) is 25.4. The van der Waals surface area contributed by atoms with E-state index in [0.29, 0.717) is 23.9 Å². The van der Waals surface area contributed by atoms with Crippen LogP contribution in [0, 0.1) is 12.3 Å². The lowest BCUT2D eigenvalue weighted by atomic mass is 9.92. The zero-order valence-corrected chi connectivity index (χ0v) is 25.4. The van der Waals surface area contributed by atoms with Gasteiger partial charge in [-0.05, 0) is 73.0 Å². The van der Waals surface area contributed by atoms with Gasteiger partial charge in [0.15, 0.2) is 0 Å². The minimum Gasteiger partial charge on any atom is -0.340 e. The van der Waals surface area contributed by atoms with Gasteiger partial charge in [-0.2, -0.15) is 5.10 Å². The Morgan fingerprint density at radius 3 is 2.46 bits per heavy atom. The van der Waals surface area contributed by atoms with Crippen LogP contribution in [0.4, 0.5) is 5.69 Å². The van der Waals surface area contributed by atoms with Crippen LogP contribution < -0.4 is 4.90 Å². The van der Waals surface area contributed by atoms with E-state index in [1.807, 2.05) is 58.1 Å². The standard InChI is InChI=1S/C34H45N5O2/c1-25-21-28(33(41)39-24-29-23-35-36(5)31(29)22-27-9-6-7-11-30(27)39)14-13-26(25)10-8-12-32(40)38-19-17-37(18-20-38)16-15-34(2,3)4/h6-7,9,11,13-14,21,23H,8,10,12,15-20,22,24H2,1-5H3. The molecule has 7 heteroatoms. The molecule has 0 N–H and O–H groups in total. The van der Waals surface area contributed by atoms with Crippen molar-refractivity contribution in [3.05, 3.63) is 82.2 Å². The van der Waals surface area contributed by atoms with Crippen molar-refractivity contribution >= 4 is 17.5 Å². The molecular formula is C34H45N5O2. The number of para-hydroxylation sites is 1. The predicted octanol–water partition coefficient (Wildman–Crippen LogP) is 5.38. The topological polar surface area (TPSA) is 61.7 Å². The number of aromatic nitrogens is 2. The first kappa shape index (κ1) is 29.1. The molecule has 2 aromatic carbocycles. The number of piperazine rings is 1. The van der Waals surface area contributed by atoms with Crippen LogP contribution in [0.25, 0.3) is 0 Å². The Labute approximate surface area is 245 Å². The van der Waals surface area contributed by atoms with Crippen molar-refractivity contribution in [2.45, 2.75) is 66.3 Å². The zero-order chi connectivity index (χ0) is 29.1. The van der Waals surface area contributed by atoms with Gasteiger partial charge in [0, 0.05) is 68.6 Å². The molecule has 3 aromatic rings. The average Bonchev–Trinajstić information content (AvgIpc) is 3.19. The van der Waals surface area contributed by atoms with Crippen LogP contribution >= 0.6 is 0 Å². The number of fused-ring (bicyclic) bond motifs is 2. The van der Waals surface area contributed by atoms with Crippen LogP contribution in [-0.2, 0) is 31.2 Å². The number of rotatable bonds is 7. The quantitative estimate of drug-likeness (QED) is 0.393. The second kappa shape index (κ2) is 12.2. The Hall–Kier alpha value is -3.45. The maximum Gasteiger partial charge on any atom is 0.258 e. The molecular weight excluding hydrogens is 510 g/mol. The molecule has 1 fully saturated rings. The lowest BCUT2D eigenvalue weighted by Crippen LogP contribution is -2.49. The largest absolute Gasteiger partial charge is 0.340 e. The van der Waals surface area contributed by atoms with Crippen molar-refractivity contribution in [2.75, 3.05) is 37.6 Å². The monoisotopic (exact) mass is 555 g/mol. The first-order valence-electron chi connectivity index (χ1n) is 15.1. The Bertz CT molecular complexity index is 1390. The molecule has 3 heterocycles. The van der Waals surface area contributed by atoms with E-state index in [2.05, 4.69) is 49.8 Å². The molecule has 1 aromatic heterocycles. The summed E-state index contributed by atoms with van der Waals surface area (Å²) in [6, 6.07) is 14.2. The maximum absolute atomic E-state index is 13.8. The van der Waals surface area contributed by atoms with E-state index in [1.54, 1.807) is 0 Å². The van der Waals surface area contributed by atoms with Crippen LogP contribution in [0.3, 0.4) is 0 Å². The molecule has 2 amide bonds. The second-order valence-corrected chi connectivity index (χ2v) is 13.0. The van der Waals surface area contributed by atoms with Gasteiger partial charge in [-0.25, -0.2) is 0 Å². The smallest absolute Gasteiger partial charge is 0.258 e. The van der Waals surface area contributed by atoms with Crippen LogP contribution in [-0.4, -0.2) is 64.1 Å². The molecule has 0 spiro atoms. The third-order valence-electron chi connectivity index (χ3n) is 8.69. The second-order valence-electron chi connectivity index (χ2n) is 13.0. The van der Waals surface area contributed by atoms with Crippen LogP contribution in [0.15, 0.2) is 48.7 Å². The lowest BCUT2D eigenvalue weighted by molar-refractivity contribution is -0.133. The summed E-state index contributed by atoms with van der Waals surface area (Å²) in [6.07, 6.45) is 6.05. The fraction of sp³-hybridized carbons (Fsp3) is 0.500. The first-order valence-corrected chi connectivity index (χ1v) is 15.1. The number of anilines is 1. The number of hydrogen-bond acceptors (Lipinski definition) is 4. The van der Waals surface area contributed by atoms with Gasteiger partial charge in [0.1, 0.15) is 0 Å². The molecule has 7 nitrogen and oxygen atoms in total. The molecule has 0 saturated carbocycles. The van der Waals surface area contributed by atoms with Crippen molar-refractivity contribution in [3.8, 4) is 0 Å². The van der Waals surface area contributed by atoms with Crippen molar-refractivity contribution in [1.82, 2.24) is 19.6 Å². The average molecular weight is 556 g/mol. The number of hydrogen-bond donors (Lipinski definition) is 0. The van der Waals surface area contributed by atoms with Gasteiger partial charge in [-0.1, -0.05) is 45.0 Å². The SMILES string of the molecule is Cc1cc(C(=O)N2Cc3cnn(C)c3Cc3ccccc32)ccc1CCCC(=O)N1CCN(CCC(C)(C)C)CC1. The Morgan fingerprint density at radius 2 is 1.73 bits per heavy atom. The van der Waals surface area contributed by atoms with Crippen molar-refractivity contribution in [1.29, 1.82) is 0 Å². The van der Waals surface area contributed by atoms with Crippen molar-refractivity contribution in [3.63, 3.8) is 0 Å². The summed E-state index contributed by atoms with van der Waals surface area (Å²) >= 11 is 0. The van der Waals surface area contributed by atoms with Gasteiger partial charge < -0.3 is 9.80 Å². The van der Waals surface area contributed by atoms with Gasteiger partial charge in [0.25, 0.3) is 5.91 Å². The molecule has 1 saturated heterocycles. The molecule has 41 heavy (non-hydrogen) atoms. The van der Waals surface area contributed by atoms with Gasteiger partial charge in [0.05, 0.1) is 12.7 Å². The minimum absolute atomic E-state index is 0.000577. The van der Waals surface area contributed by atoms with Crippen LogP contribution in [0.2, 0.25) is 0 Å². The van der Waals surface area contributed by atoms with E-state index >= 15 is 0 Å². The molecule has 0 radical (unpaired) electrons. The summed E-state index contributed by atoms with van der Waals surface area (Å²) in [5.41, 5.74) is 7.66. The molecule has 0 atom stereocenters. The third kappa shape index (κ3) is 6.89. The molecule has 2 aliphatic rings. The normalized spacial score (nSPS) is 15.8. The summed E-state index contributed by atoms with van der Waals surface area (Å²) in [4.78, 5) is 33.1. The first-order chi connectivity index (χ1) is 19.6. The number of carbonyl (C=O) groups is 2. The number of nitrogens with zero attached hydrogens (tertiary/aromatic N) is 5. The highest BCUT2D eigenvalue weighted by Gasteiger charge is 2.27. The maximum atomic E-state index is 13.8.